The summed E-state index contributed by atoms with van der Waals surface area (Å²) in [7, 11) is 0. The zero-order chi connectivity index (χ0) is 23.7. The van der Waals surface area contributed by atoms with Gasteiger partial charge in [0.25, 0.3) is 0 Å². The van der Waals surface area contributed by atoms with Crippen molar-refractivity contribution in [3.63, 3.8) is 0 Å². The predicted octanol–water partition coefficient (Wildman–Crippen LogP) is 4.65. The minimum absolute atomic E-state index is 0.0278. The lowest BCUT2D eigenvalue weighted by Gasteiger charge is -2.30. The van der Waals surface area contributed by atoms with Gasteiger partial charge in [-0.2, -0.15) is 0 Å². The lowest BCUT2D eigenvalue weighted by molar-refractivity contribution is -0.122. The fourth-order valence-electron chi connectivity index (χ4n) is 5.28. The van der Waals surface area contributed by atoms with E-state index < -0.39 is 0 Å². The zero-order valence-electron chi connectivity index (χ0n) is 19.9. The number of carbonyl (C=O) groups excluding carboxylic acids is 2. The standard InChI is InChI=1S/C27H31N5O2/c1-19(2)31(21-13-7-4-8-14-21)26(34)18-30-22-15-9-10-16-23(22)32-24(17-25(30)33)28-29-27(32)20-11-5-3-6-12-20/h4,7-10,13-16,19-20H,3,5-6,11-12,17-18H2,1-2H3. The number of carbonyl (C=O) groups is 2. The molecule has 1 aliphatic carbocycles. The van der Waals surface area contributed by atoms with E-state index in [9.17, 15) is 9.59 Å². The van der Waals surface area contributed by atoms with E-state index in [1.54, 1.807) is 9.80 Å². The van der Waals surface area contributed by atoms with Gasteiger partial charge in [0.2, 0.25) is 11.8 Å². The van der Waals surface area contributed by atoms with E-state index in [-0.39, 0.29) is 30.8 Å². The van der Waals surface area contributed by atoms with Gasteiger partial charge in [-0.05, 0) is 51.0 Å². The largest absolute Gasteiger partial charge is 0.308 e. The normalized spacial score (nSPS) is 16.2. The average Bonchev–Trinajstić information content (AvgIpc) is 3.22. The maximum atomic E-state index is 13.5. The molecule has 0 spiro atoms. The van der Waals surface area contributed by atoms with Gasteiger partial charge < -0.3 is 9.80 Å². The van der Waals surface area contributed by atoms with Crippen LogP contribution in [-0.2, 0) is 16.0 Å². The number of benzene rings is 2. The summed E-state index contributed by atoms with van der Waals surface area (Å²) < 4.78 is 2.07. The summed E-state index contributed by atoms with van der Waals surface area (Å²) in [6, 6.07) is 17.4. The second-order valence-corrected chi connectivity index (χ2v) is 9.48. The van der Waals surface area contributed by atoms with Crippen LogP contribution in [0.4, 0.5) is 11.4 Å². The van der Waals surface area contributed by atoms with Gasteiger partial charge in [0, 0.05) is 17.6 Å². The number of nitrogens with zero attached hydrogens (tertiary/aromatic N) is 5. The van der Waals surface area contributed by atoms with Gasteiger partial charge in [0.05, 0.1) is 17.8 Å². The van der Waals surface area contributed by atoms with E-state index in [0.717, 1.165) is 35.7 Å². The van der Waals surface area contributed by atoms with E-state index in [0.29, 0.717) is 11.7 Å². The van der Waals surface area contributed by atoms with Crippen molar-refractivity contribution in [2.45, 2.75) is 64.3 Å². The first-order valence-corrected chi connectivity index (χ1v) is 12.3. The minimum atomic E-state index is -0.140. The van der Waals surface area contributed by atoms with Crippen LogP contribution in [0.15, 0.2) is 54.6 Å². The predicted molar refractivity (Wildman–Crippen MR) is 132 cm³/mol. The summed E-state index contributed by atoms with van der Waals surface area (Å²) in [5.41, 5.74) is 2.43. The van der Waals surface area contributed by atoms with E-state index in [2.05, 4.69) is 14.8 Å². The Labute approximate surface area is 200 Å². The zero-order valence-corrected chi connectivity index (χ0v) is 19.9. The first kappa shape index (κ1) is 22.3. The lowest BCUT2D eigenvalue weighted by Crippen LogP contribution is -2.46. The Hall–Kier alpha value is -3.48. The number of para-hydroxylation sites is 3. The third-order valence-electron chi connectivity index (χ3n) is 6.86. The molecule has 2 aromatic carbocycles. The number of rotatable bonds is 5. The molecule has 0 bridgehead atoms. The number of fused-ring (bicyclic) bond motifs is 3. The molecular weight excluding hydrogens is 426 g/mol. The Bertz CT molecular complexity index is 1180. The van der Waals surface area contributed by atoms with Gasteiger partial charge >= 0.3 is 0 Å². The molecule has 0 saturated heterocycles. The quantitative estimate of drug-likeness (QED) is 0.559. The third-order valence-corrected chi connectivity index (χ3v) is 6.86. The smallest absolute Gasteiger partial charge is 0.247 e. The van der Waals surface area contributed by atoms with Crippen LogP contribution in [0.2, 0.25) is 0 Å². The molecule has 7 nitrogen and oxygen atoms in total. The summed E-state index contributed by atoms with van der Waals surface area (Å²) in [4.78, 5) is 30.4. The molecule has 1 aromatic heterocycles. The maximum Gasteiger partial charge on any atom is 0.247 e. The Morgan fingerprint density at radius 1 is 0.971 bits per heavy atom. The van der Waals surface area contributed by atoms with Gasteiger partial charge in [-0.15, -0.1) is 10.2 Å². The first-order valence-electron chi connectivity index (χ1n) is 12.3. The topological polar surface area (TPSA) is 71.3 Å². The van der Waals surface area contributed by atoms with Crippen molar-refractivity contribution in [2.24, 2.45) is 0 Å². The van der Waals surface area contributed by atoms with Gasteiger partial charge in [-0.1, -0.05) is 49.6 Å². The van der Waals surface area contributed by atoms with Crippen molar-refractivity contribution in [2.75, 3.05) is 16.3 Å². The van der Waals surface area contributed by atoms with E-state index in [1.165, 1.54) is 19.3 Å². The second-order valence-electron chi connectivity index (χ2n) is 9.48. The molecular formula is C27H31N5O2. The van der Waals surface area contributed by atoms with Crippen LogP contribution in [-0.4, -0.2) is 39.2 Å². The number of amides is 2. The lowest BCUT2D eigenvalue weighted by atomic mass is 9.88. The monoisotopic (exact) mass is 457 g/mol. The second kappa shape index (κ2) is 9.41. The number of hydrogen-bond acceptors (Lipinski definition) is 4. The molecule has 0 radical (unpaired) electrons. The summed E-state index contributed by atoms with van der Waals surface area (Å²) in [5.74, 6) is 1.68. The fourth-order valence-corrected chi connectivity index (χ4v) is 5.28. The summed E-state index contributed by atoms with van der Waals surface area (Å²) >= 11 is 0. The Morgan fingerprint density at radius 3 is 2.35 bits per heavy atom. The van der Waals surface area contributed by atoms with Crippen LogP contribution in [0, 0.1) is 0 Å². The molecule has 3 aromatic rings. The van der Waals surface area contributed by atoms with Crippen molar-refractivity contribution in [1.82, 2.24) is 14.8 Å². The SMILES string of the molecule is CC(C)N(C(=O)CN1C(=O)Cc2nnc(C3CCCCC3)n2-c2ccccc21)c1ccccc1. The molecule has 0 unspecified atom stereocenters. The highest BCUT2D eigenvalue weighted by molar-refractivity contribution is 6.05. The molecule has 0 N–H and O–H groups in total. The van der Waals surface area contributed by atoms with Crippen molar-refractivity contribution in [3.05, 3.63) is 66.2 Å². The highest BCUT2D eigenvalue weighted by Crippen LogP contribution is 2.37. The highest BCUT2D eigenvalue weighted by atomic mass is 16.2. The molecule has 7 heteroatoms. The van der Waals surface area contributed by atoms with Crippen LogP contribution < -0.4 is 9.80 Å². The molecule has 34 heavy (non-hydrogen) atoms. The van der Waals surface area contributed by atoms with Crippen molar-refractivity contribution < 1.29 is 9.59 Å². The number of hydrogen-bond donors (Lipinski definition) is 0. The molecule has 176 valence electrons. The van der Waals surface area contributed by atoms with Crippen LogP contribution in [0.3, 0.4) is 0 Å². The van der Waals surface area contributed by atoms with Crippen molar-refractivity contribution in [1.29, 1.82) is 0 Å². The van der Waals surface area contributed by atoms with Crippen LogP contribution in [0.1, 0.15) is 63.5 Å². The maximum absolute atomic E-state index is 13.5. The van der Waals surface area contributed by atoms with Crippen molar-refractivity contribution >= 4 is 23.2 Å². The van der Waals surface area contributed by atoms with Crippen molar-refractivity contribution in [3.8, 4) is 5.69 Å². The Morgan fingerprint density at radius 2 is 1.65 bits per heavy atom. The van der Waals surface area contributed by atoms with Gasteiger partial charge in [-0.3, -0.25) is 14.2 Å². The fraction of sp³-hybridized carbons (Fsp3) is 0.407. The molecule has 1 saturated carbocycles. The Kier molecular flexibility index (Phi) is 6.18. The molecule has 2 amide bonds. The van der Waals surface area contributed by atoms with Gasteiger partial charge in [-0.25, -0.2) is 0 Å². The Balaban J connectivity index is 1.51. The highest BCUT2D eigenvalue weighted by Gasteiger charge is 2.33. The van der Waals surface area contributed by atoms with Gasteiger partial charge in [0.15, 0.2) is 0 Å². The molecule has 5 rings (SSSR count). The first-order chi connectivity index (χ1) is 16.5. The minimum Gasteiger partial charge on any atom is -0.308 e. The molecule has 0 atom stereocenters. The number of aromatic nitrogens is 3. The molecule has 1 aliphatic heterocycles. The van der Waals surface area contributed by atoms with Crippen LogP contribution in [0.5, 0.6) is 0 Å². The molecule has 1 fully saturated rings. The van der Waals surface area contributed by atoms with E-state index in [4.69, 9.17) is 0 Å². The van der Waals surface area contributed by atoms with Crippen LogP contribution in [0.25, 0.3) is 5.69 Å². The van der Waals surface area contributed by atoms with Crippen LogP contribution >= 0.6 is 0 Å². The molecule has 2 heterocycles. The average molecular weight is 458 g/mol. The summed E-state index contributed by atoms with van der Waals surface area (Å²) in [6.07, 6.45) is 5.95. The summed E-state index contributed by atoms with van der Waals surface area (Å²) in [5, 5.41) is 8.98. The van der Waals surface area contributed by atoms with E-state index >= 15 is 0 Å². The molecule has 2 aliphatic rings. The summed E-state index contributed by atoms with van der Waals surface area (Å²) in [6.45, 7) is 3.95. The number of anilines is 2. The van der Waals surface area contributed by atoms with E-state index in [1.807, 2.05) is 68.4 Å². The van der Waals surface area contributed by atoms with Gasteiger partial charge in [0.1, 0.15) is 18.2 Å². The third kappa shape index (κ3) is 4.11.